The number of aromatic nitrogens is 2. The van der Waals surface area contributed by atoms with Crippen molar-refractivity contribution in [3.63, 3.8) is 0 Å². The van der Waals surface area contributed by atoms with Gasteiger partial charge in [0.05, 0.1) is 11.4 Å². The topological polar surface area (TPSA) is 43.8 Å². The summed E-state index contributed by atoms with van der Waals surface area (Å²) in [5, 5.41) is 5.19. The van der Waals surface area contributed by atoms with E-state index in [0.29, 0.717) is 0 Å². The van der Waals surface area contributed by atoms with Gasteiger partial charge in [-0.25, -0.2) is 0 Å². The lowest BCUT2D eigenvalue weighted by molar-refractivity contribution is 0.694. The summed E-state index contributed by atoms with van der Waals surface area (Å²) in [6.45, 7) is 1.91. The molecule has 0 bridgehead atoms. The van der Waals surface area contributed by atoms with E-state index >= 15 is 0 Å². The summed E-state index contributed by atoms with van der Waals surface area (Å²) in [5.74, 6) is 0. The molecule has 0 aliphatic carbocycles. The predicted octanol–water partition coefficient (Wildman–Crippen LogP) is 1.88. The van der Waals surface area contributed by atoms with E-state index in [9.17, 15) is 0 Å². The number of rotatable bonds is 1. The van der Waals surface area contributed by atoms with Crippen molar-refractivity contribution in [2.75, 3.05) is 12.0 Å². The van der Waals surface area contributed by atoms with E-state index < -0.39 is 0 Å². The van der Waals surface area contributed by atoms with Crippen LogP contribution in [0, 0.1) is 6.92 Å². The largest absolute Gasteiger partial charge is 0.395 e. The van der Waals surface area contributed by atoms with Crippen LogP contribution in [0.4, 0.5) is 5.69 Å². The monoisotopic (exact) mass is 229 g/mol. The Balaban J connectivity index is 0. The summed E-state index contributed by atoms with van der Waals surface area (Å²) >= 11 is 1.62. The zero-order valence-corrected chi connectivity index (χ0v) is 9.65. The molecule has 12 heavy (non-hydrogen) atoms. The smallest absolute Gasteiger partial charge is 0.117 e. The second-order valence-corrected chi connectivity index (χ2v) is 2.93. The van der Waals surface area contributed by atoms with Crippen molar-refractivity contribution in [3.8, 4) is 0 Å². The third-order valence-electron chi connectivity index (χ3n) is 1.41. The van der Waals surface area contributed by atoms with Crippen molar-refractivity contribution < 1.29 is 0 Å². The average Bonchev–Trinajstić information content (AvgIpc) is 2.09. The lowest BCUT2D eigenvalue weighted by atomic mass is 10.4. The van der Waals surface area contributed by atoms with E-state index in [1.54, 1.807) is 16.4 Å². The maximum absolute atomic E-state index is 5.71. The first-order chi connectivity index (χ1) is 4.66. The maximum Gasteiger partial charge on any atom is 0.117 e. The molecular formula is C6H13Cl2N3S. The van der Waals surface area contributed by atoms with Crippen molar-refractivity contribution in [1.82, 2.24) is 9.78 Å². The maximum atomic E-state index is 5.71. The molecule has 0 aliphatic heterocycles. The minimum atomic E-state index is 0. The van der Waals surface area contributed by atoms with E-state index in [0.717, 1.165) is 16.4 Å². The Hall–Kier alpha value is -0.0600. The molecule has 1 rings (SSSR count). The molecular weight excluding hydrogens is 217 g/mol. The highest BCUT2D eigenvalue weighted by Gasteiger charge is 2.06. The molecule has 3 nitrogen and oxygen atoms in total. The molecule has 1 aromatic rings. The van der Waals surface area contributed by atoms with Gasteiger partial charge in [-0.05, 0) is 13.2 Å². The van der Waals surface area contributed by atoms with Gasteiger partial charge >= 0.3 is 0 Å². The Morgan fingerprint density at radius 3 is 2.08 bits per heavy atom. The van der Waals surface area contributed by atoms with E-state index in [1.807, 2.05) is 20.2 Å². The Kier molecular flexibility index (Phi) is 6.70. The Labute approximate surface area is 88.9 Å². The van der Waals surface area contributed by atoms with Crippen LogP contribution in [0.5, 0.6) is 0 Å². The van der Waals surface area contributed by atoms with Crippen LogP contribution in [-0.2, 0) is 7.05 Å². The molecule has 1 heterocycles. The van der Waals surface area contributed by atoms with E-state index in [1.165, 1.54) is 0 Å². The standard InChI is InChI=1S/C6H11N3S.2ClH/c1-4-5(7)6(10-3)9(2)8-4;;/h7H2,1-3H3;2*1H. The molecule has 0 spiro atoms. The Morgan fingerprint density at radius 2 is 1.92 bits per heavy atom. The molecule has 1 aromatic heterocycles. The first-order valence-electron chi connectivity index (χ1n) is 3.00. The number of nitrogens with two attached hydrogens (primary N) is 1. The number of halogens is 2. The van der Waals surface area contributed by atoms with Gasteiger partial charge in [-0.2, -0.15) is 5.10 Å². The van der Waals surface area contributed by atoms with Gasteiger partial charge in [0.1, 0.15) is 5.03 Å². The van der Waals surface area contributed by atoms with Gasteiger partial charge < -0.3 is 5.73 Å². The minimum Gasteiger partial charge on any atom is -0.395 e. The zero-order valence-electron chi connectivity index (χ0n) is 7.20. The Bertz CT molecular complexity index is 249. The van der Waals surface area contributed by atoms with Crippen molar-refractivity contribution >= 4 is 42.3 Å². The van der Waals surface area contributed by atoms with Gasteiger partial charge in [0.15, 0.2) is 0 Å². The van der Waals surface area contributed by atoms with E-state index in [4.69, 9.17) is 5.73 Å². The van der Waals surface area contributed by atoms with Gasteiger partial charge in [-0.3, -0.25) is 4.68 Å². The van der Waals surface area contributed by atoms with Gasteiger partial charge in [0.25, 0.3) is 0 Å². The van der Waals surface area contributed by atoms with Crippen LogP contribution in [0.2, 0.25) is 0 Å². The minimum absolute atomic E-state index is 0. The van der Waals surface area contributed by atoms with Crippen molar-refractivity contribution in [2.24, 2.45) is 7.05 Å². The number of nitrogens with zero attached hydrogens (tertiary/aromatic N) is 2. The highest BCUT2D eigenvalue weighted by molar-refractivity contribution is 7.98. The molecule has 0 unspecified atom stereocenters. The number of hydrogen-bond acceptors (Lipinski definition) is 3. The number of aryl methyl sites for hydroxylation is 2. The highest BCUT2D eigenvalue weighted by atomic mass is 35.5. The first kappa shape index (κ1) is 14.5. The van der Waals surface area contributed by atoms with Gasteiger partial charge in [-0.15, -0.1) is 36.6 Å². The second-order valence-electron chi connectivity index (χ2n) is 2.13. The van der Waals surface area contributed by atoms with Gasteiger partial charge in [0, 0.05) is 7.05 Å². The number of hydrogen-bond donors (Lipinski definition) is 1. The summed E-state index contributed by atoms with van der Waals surface area (Å²) in [6, 6.07) is 0. The normalized spacial score (nSPS) is 8.58. The van der Waals surface area contributed by atoms with Crippen LogP contribution < -0.4 is 5.73 Å². The fraction of sp³-hybridized carbons (Fsp3) is 0.500. The van der Waals surface area contributed by atoms with E-state index in [2.05, 4.69) is 5.10 Å². The van der Waals surface area contributed by atoms with Crippen molar-refractivity contribution in [1.29, 1.82) is 0 Å². The number of anilines is 1. The summed E-state index contributed by atoms with van der Waals surface area (Å²) in [7, 11) is 1.90. The van der Waals surface area contributed by atoms with Crippen LogP contribution in [-0.4, -0.2) is 16.0 Å². The molecule has 0 aromatic carbocycles. The summed E-state index contributed by atoms with van der Waals surface area (Å²) in [6.07, 6.45) is 1.99. The third-order valence-corrected chi connectivity index (χ3v) is 2.28. The van der Waals surface area contributed by atoms with Crippen molar-refractivity contribution in [2.45, 2.75) is 11.9 Å². The Morgan fingerprint density at radius 1 is 1.42 bits per heavy atom. The van der Waals surface area contributed by atoms with Crippen LogP contribution in [0.1, 0.15) is 5.69 Å². The van der Waals surface area contributed by atoms with Crippen LogP contribution in [0.15, 0.2) is 5.03 Å². The zero-order chi connectivity index (χ0) is 7.72. The predicted molar refractivity (Wildman–Crippen MR) is 58.6 cm³/mol. The second kappa shape index (κ2) is 5.56. The molecule has 0 amide bonds. The summed E-state index contributed by atoms with van der Waals surface area (Å²) < 4.78 is 1.80. The van der Waals surface area contributed by atoms with E-state index in [-0.39, 0.29) is 24.8 Å². The lowest BCUT2D eigenvalue weighted by Gasteiger charge is -1.95. The van der Waals surface area contributed by atoms with Crippen LogP contribution >= 0.6 is 36.6 Å². The fourth-order valence-electron chi connectivity index (χ4n) is 0.895. The molecule has 6 heteroatoms. The van der Waals surface area contributed by atoms with Gasteiger partial charge in [-0.1, -0.05) is 0 Å². The molecule has 0 aliphatic rings. The van der Waals surface area contributed by atoms with Crippen LogP contribution in [0.3, 0.4) is 0 Å². The molecule has 0 atom stereocenters. The molecule has 0 saturated carbocycles. The highest BCUT2D eigenvalue weighted by Crippen LogP contribution is 2.23. The molecule has 0 fully saturated rings. The molecule has 0 saturated heterocycles. The summed E-state index contributed by atoms with van der Waals surface area (Å²) in [5.41, 5.74) is 7.42. The first-order valence-corrected chi connectivity index (χ1v) is 4.22. The molecule has 2 N–H and O–H groups in total. The lowest BCUT2D eigenvalue weighted by Crippen LogP contribution is -1.92. The quantitative estimate of drug-likeness (QED) is 0.749. The summed E-state index contributed by atoms with van der Waals surface area (Å²) in [4.78, 5) is 0. The van der Waals surface area contributed by atoms with Gasteiger partial charge in [0.2, 0.25) is 0 Å². The SMILES string of the molecule is CSc1c(N)c(C)nn1C.Cl.Cl. The molecule has 0 radical (unpaired) electrons. The number of nitrogen functional groups attached to an aromatic ring is 1. The average molecular weight is 230 g/mol. The molecule has 72 valence electrons. The van der Waals surface area contributed by atoms with Crippen molar-refractivity contribution in [3.05, 3.63) is 5.69 Å². The number of thioether (sulfide) groups is 1. The fourth-order valence-corrected chi connectivity index (χ4v) is 1.57. The van der Waals surface area contributed by atoms with Crippen LogP contribution in [0.25, 0.3) is 0 Å². The third kappa shape index (κ3) is 2.47.